The number of halogens is 2. The number of amides is 1. The van der Waals surface area contributed by atoms with Crippen LogP contribution in [-0.4, -0.2) is 9.29 Å². The van der Waals surface area contributed by atoms with Gasteiger partial charge >= 0.3 is 166 Å². The van der Waals surface area contributed by atoms with Gasteiger partial charge in [-0.1, -0.05) is 0 Å². The summed E-state index contributed by atoms with van der Waals surface area (Å²) in [4.78, 5) is 12.7. The van der Waals surface area contributed by atoms with E-state index in [0.717, 1.165) is 5.56 Å². The van der Waals surface area contributed by atoms with Gasteiger partial charge in [-0.05, 0) is 0 Å². The molecule has 1 amide bonds. The van der Waals surface area contributed by atoms with Crippen molar-refractivity contribution in [1.29, 1.82) is 0 Å². The molecule has 0 bridgehead atoms. The van der Waals surface area contributed by atoms with E-state index in [1.807, 2.05) is 57.1 Å². The van der Waals surface area contributed by atoms with Crippen LogP contribution in [0, 0.1) is 0 Å². The molecule has 1 unspecified atom stereocenters. The summed E-state index contributed by atoms with van der Waals surface area (Å²) in [5, 5.41) is 0. The Bertz CT molecular complexity index is 975. The Balaban J connectivity index is 0.00000140. The molecule has 3 aromatic rings. The number of carbonyl (C=O) groups is 1. The Hall–Kier alpha value is -1.84. The van der Waals surface area contributed by atoms with E-state index < -0.39 is 0 Å². The van der Waals surface area contributed by atoms with Gasteiger partial charge in [0.25, 0.3) is 0 Å². The van der Waals surface area contributed by atoms with E-state index in [0.29, 0.717) is 6.54 Å². The summed E-state index contributed by atoms with van der Waals surface area (Å²) in [5.41, 5.74) is 5.78. The summed E-state index contributed by atoms with van der Waals surface area (Å²) in [6, 6.07) is 26.4. The molecular weight excluding hydrogens is 425 g/mol. The minimum Gasteiger partial charge on any atom is -1.00 e. The minimum atomic E-state index is 0. The van der Waals surface area contributed by atoms with E-state index in [9.17, 15) is 4.79 Å². The first-order valence-electron chi connectivity index (χ1n) is 8.67. The molecule has 0 aliphatic heterocycles. The van der Waals surface area contributed by atoms with Crippen LogP contribution in [0.5, 0.6) is 0 Å². The molecule has 0 N–H and O–H groups in total. The summed E-state index contributed by atoms with van der Waals surface area (Å²) in [5.74, 6) is 0.297. The van der Waals surface area contributed by atoms with Crippen LogP contribution >= 0.6 is 0 Å². The number of fused-ring (bicyclic) bond motifs is 1. The van der Waals surface area contributed by atoms with E-state index in [2.05, 4.69) is 54.6 Å². The van der Waals surface area contributed by atoms with Crippen LogP contribution in [0.3, 0.4) is 0 Å². The number of hydrogen-bond acceptors (Lipinski definition) is 1. The first kappa shape index (κ1) is 22.5. The predicted octanol–water partition coefficient (Wildman–Crippen LogP) is -1.04. The number of hydrogen-bond donors (Lipinski definition) is 0. The molecule has 28 heavy (non-hydrogen) atoms. The molecule has 1 aliphatic carbocycles. The van der Waals surface area contributed by atoms with Crippen molar-refractivity contribution in [1.82, 2.24) is 3.38 Å². The third-order valence-electron chi connectivity index (χ3n) is 4.78. The van der Waals surface area contributed by atoms with E-state index in [4.69, 9.17) is 0 Å². The molecule has 0 fully saturated rings. The van der Waals surface area contributed by atoms with Gasteiger partial charge in [-0.2, -0.15) is 0 Å². The Morgan fingerprint density at radius 1 is 0.821 bits per heavy atom. The molecule has 1 atom stereocenters. The van der Waals surface area contributed by atoms with Gasteiger partial charge in [-0.15, -0.1) is 0 Å². The van der Waals surface area contributed by atoms with Crippen LogP contribution in [-0.2, 0) is 27.2 Å². The summed E-state index contributed by atoms with van der Waals surface area (Å²) in [7, 11) is 0. The maximum Gasteiger partial charge on any atom is -1.00 e. The zero-order valence-electron chi connectivity index (χ0n) is 15.1. The molecule has 0 aromatic heterocycles. The fourth-order valence-corrected chi connectivity index (χ4v) is 3.95. The Kier molecular flexibility index (Phi) is 8.09. The predicted molar refractivity (Wildman–Crippen MR) is 100 cm³/mol. The van der Waals surface area contributed by atoms with Gasteiger partial charge in [0.15, 0.2) is 0 Å². The standard InChI is InChI=1S/C23H19NO.2ClH.Ti/c25-23(18-9-2-1-3-10-18)24-16-19-11-5-7-13-21(19)22-15-14-17-8-4-6-12-20(17)22;;;/h1-15,22H,16H2,(H,24,25);2*1H;/q;;;+3/p-3. The number of carbonyl (C=O) groups excluding carboxylic acids is 1. The maximum atomic E-state index is 12.7. The Morgan fingerprint density at radius 3 is 2.18 bits per heavy atom. The summed E-state index contributed by atoms with van der Waals surface area (Å²) in [6.45, 7) is 0.594. The largest absolute Gasteiger partial charge is 1.00 e. The van der Waals surface area contributed by atoms with Gasteiger partial charge < -0.3 is 24.8 Å². The van der Waals surface area contributed by atoms with Crippen LogP contribution in [0.2, 0.25) is 0 Å². The molecule has 2 nitrogen and oxygen atoms in total. The van der Waals surface area contributed by atoms with Crippen molar-refractivity contribution in [2.45, 2.75) is 12.5 Å². The van der Waals surface area contributed by atoms with Crippen LogP contribution in [0.1, 0.15) is 38.5 Å². The van der Waals surface area contributed by atoms with Crippen molar-refractivity contribution in [3.8, 4) is 0 Å². The molecule has 1 aliphatic rings. The summed E-state index contributed by atoms with van der Waals surface area (Å²) >= 11 is 1.87. The van der Waals surface area contributed by atoms with Gasteiger partial charge in [-0.3, -0.25) is 0 Å². The third-order valence-corrected chi connectivity index (χ3v) is 5.35. The van der Waals surface area contributed by atoms with Crippen LogP contribution in [0.25, 0.3) is 6.08 Å². The molecule has 0 spiro atoms. The molecule has 3 aromatic carbocycles. The van der Waals surface area contributed by atoms with E-state index in [1.165, 1.54) is 22.3 Å². The maximum absolute atomic E-state index is 12.7. The summed E-state index contributed by atoms with van der Waals surface area (Å²) in [6.07, 6.45) is 4.44. The first-order chi connectivity index (χ1) is 12.7. The normalized spacial score (nSPS) is 13.9. The zero-order valence-corrected chi connectivity index (χ0v) is 18.1. The quantitative estimate of drug-likeness (QED) is 0.472. The number of allylic oxidation sites excluding steroid dienone is 1. The fourth-order valence-electron chi connectivity index (χ4n) is 3.48. The van der Waals surface area contributed by atoms with Gasteiger partial charge in [-0.25, -0.2) is 0 Å². The number of benzene rings is 3. The third kappa shape index (κ3) is 4.59. The molecule has 0 radical (unpaired) electrons. The second kappa shape index (κ2) is 10.1. The van der Waals surface area contributed by atoms with Crippen LogP contribution < -0.4 is 24.8 Å². The first-order valence-corrected chi connectivity index (χ1v) is 9.37. The van der Waals surface area contributed by atoms with Crippen molar-refractivity contribution >= 4 is 12.0 Å². The van der Waals surface area contributed by atoms with Gasteiger partial charge in [0.05, 0.1) is 0 Å². The van der Waals surface area contributed by atoms with Gasteiger partial charge in [0.1, 0.15) is 0 Å². The topological polar surface area (TPSA) is 20.3 Å². The average molecular weight is 443 g/mol. The smallest absolute Gasteiger partial charge is 1.00 e. The SMILES string of the molecule is O=C(c1ccccc1)[N]([Ti+2])Cc1ccccc1C1C=Cc2ccccc21.[Cl-].[Cl-]. The second-order valence-electron chi connectivity index (χ2n) is 6.42. The second-order valence-corrected chi connectivity index (χ2v) is 7.26. The van der Waals surface area contributed by atoms with Crippen molar-refractivity contribution in [2.24, 2.45) is 0 Å². The molecule has 139 valence electrons. The van der Waals surface area contributed by atoms with E-state index in [-0.39, 0.29) is 36.6 Å². The van der Waals surface area contributed by atoms with E-state index >= 15 is 0 Å². The molecular formula is C23H18Cl2NOTi. The zero-order chi connectivity index (χ0) is 17.9. The van der Waals surface area contributed by atoms with Crippen molar-refractivity contribution in [3.05, 3.63) is 113 Å². The van der Waals surface area contributed by atoms with Crippen molar-refractivity contribution < 1.29 is 50.3 Å². The number of rotatable bonds is 4. The molecule has 0 saturated carbocycles. The van der Waals surface area contributed by atoms with Crippen molar-refractivity contribution in [3.63, 3.8) is 0 Å². The van der Waals surface area contributed by atoms with Crippen LogP contribution in [0.4, 0.5) is 0 Å². The molecule has 5 heteroatoms. The number of nitrogens with zero attached hydrogens (tertiary/aromatic N) is 1. The molecule has 4 rings (SSSR count). The van der Waals surface area contributed by atoms with Gasteiger partial charge in [0.2, 0.25) is 0 Å². The van der Waals surface area contributed by atoms with Gasteiger partial charge in [0, 0.05) is 0 Å². The monoisotopic (exact) mass is 442 g/mol. The van der Waals surface area contributed by atoms with Crippen LogP contribution in [0.15, 0.2) is 84.9 Å². The Morgan fingerprint density at radius 2 is 1.43 bits per heavy atom. The van der Waals surface area contributed by atoms with Crippen molar-refractivity contribution in [2.75, 3.05) is 0 Å². The average Bonchev–Trinajstić information content (AvgIpc) is 3.12. The minimum absolute atomic E-state index is 0. The summed E-state index contributed by atoms with van der Waals surface area (Å²) < 4.78 is 1.79. The molecule has 0 heterocycles. The Labute approximate surface area is 190 Å². The molecule has 0 saturated heterocycles. The fraction of sp³-hybridized carbons (Fsp3) is 0.0870. The van der Waals surface area contributed by atoms with E-state index in [1.54, 1.807) is 3.38 Å².